The van der Waals surface area contributed by atoms with Crippen molar-refractivity contribution in [2.24, 2.45) is 0 Å². The first-order valence-electron chi connectivity index (χ1n) is 29.0. The number of likely N-dealkylation sites (N-methyl/N-ethyl adjacent to an activating group) is 2. The number of amides is 2. The van der Waals surface area contributed by atoms with Gasteiger partial charge in [-0.25, -0.2) is 29.1 Å². The topological polar surface area (TPSA) is 236 Å². The molecule has 4 rings (SSSR count). The number of carbonyl (C=O) groups excluding carboxylic acids is 7. The Morgan fingerprint density at radius 1 is 0.644 bits per heavy atom. The Morgan fingerprint density at radius 3 is 1.41 bits per heavy atom. The van der Waals surface area contributed by atoms with Gasteiger partial charge < -0.3 is 49.3 Å². The molecule has 0 aromatic carbocycles. The summed E-state index contributed by atoms with van der Waals surface area (Å²) in [7, 11) is 8.20. The summed E-state index contributed by atoms with van der Waals surface area (Å²) < 4.78 is 23.5. The molecule has 0 saturated heterocycles. The standard InChI is InChI=1S/C32H45N3O5S.C24H31BrN2O5S.C9H17N.CH2O2/c1-22(16-17-35(6)7)14-15-24(3)19-28-20-30-34-27(21-41-30)11-9-12-29(33-26(5)36)32(38)39-25(4)18-23(2)10-8-13-31(37)40-28;1-15-7-5-10-23(29)32-20(12-16(2)25)13-22-27-19(14-33-22)8-6-9-21(26-18(4)28)24(30)31-17(3)11-15;1-5-6-9(2)7-8-10(3)4;2-1-3/h8,10,13-16,19,21,25,28-29H,9,11-12,17-18,20H2,1-7H3,(H,33,36);5,7,10,12,14,17,20-21H,6,8-9,11,13H2,1-4H3,(H,26,28);5-7H,8H2,1-4H3;1H,(H,2,3)/p-1/b13-8-,15-14+,22-16+,23-10+,24-19+;10-5-,15-7+,16-12+;6-5+,9-7+;/t25-,28+,29+;17-,20+,21+;;/m00../s1. The number of aryl methyl sites for hydroxylation is 2. The van der Waals surface area contributed by atoms with Crippen LogP contribution in [0.25, 0.3) is 0 Å². The van der Waals surface area contributed by atoms with E-state index in [2.05, 4.69) is 99.7 Å². The largest absolute Gasteiger partial charge is 0.554 e. The zero-order valence-corrected chi connectivity index (χ0v) is 56.9. The van der Waals surface area contributed by atoms with Crippen LogP contribution in [-0.4, -0.2) is 140 Å². The summed E-state index contributed by atoms with van der Waals surface area (Å²) in [4.78, 5) is 95.7. The predicted molar refractivity (Wildman–Crippen MR) is 350 cm³/mol. The number of carboxylic acid groups (broad SMARTS) is 1. The maximum Gasteiger partial charge on any atom is 0.331 e. The lowest BCUT2D eigenvalue weighted by molar-refractivity contribution is -0.283. The molecule has 2 N–H and O–H groups in total. The third kappa shape index (κ3) is 39.7. The Kier molecular flexibility index (Phi) is 40.3. The molecule has 2 aliphatic rings. The van der Waals surface area contributed by atoms with Crippen molar-refractivity contribution in [1.82, 2.24) is 30.4 Å². The number of rotatable bonds is 11. The first kappa shape index (κ1) is 78.4. The normalized spacial score (nSPS) is 23.3. The fourth-order valence-electron chi connectivity index (χ4n) is 8.26. The molecular weight excluding hydrogens is 1210 g/mol. The van der Waals surface area contributed by atoms with Crippen LogP contribution in [0.5, 0.6) is 0 Å². The zero-order chi connectivity index (χ0) is 65.4. The third-order valence-electron chi connectivity index (χ3n) is 12.2. The van der Waals surface area contributed by atoms with Gasteiger partial charge in [-0.2, -0.15) is 0 Å². The average molecular weight is 1310 g/mol. The van der Waals surface area contributed by atoms with Gasteiger partial charge in [-0.05, 0) is 146 Å². The van der Waals surface area contributed by atoms with Crippen molar-refractivity contribution in [2.45, 2.75) is 177 Å². The van der Waals surface area contributed by atoms with Crippen LogP contribution < -0.4 is 15.7 Å². The molecule has 2 aromatic rings. The second-order valence-electron chi connectivity index (χ2n) is 21.8. The molecule has 21 heteroatoms. The first-order valence-corrected chi connectivity index (χ1v) is 31.6. The molecule has 0 fully saturated rings. The van der Waals surface area contributed by atoms with E-state index in [1.807, 2.05) is 84.6 Å². The van der Waals surface area contributed by atoms with Gasteiger partial charge in [0.05, 0.1) is 21.4 Å². The van der Waals surface area contributed by atoms with Gasteiger partial charge in [0.15, 0.2) is 0 Å². The van der Waals surface area contributed by atoms with Crippen LogP contribution in [0.3, 0.4) is 0 Å². The van der Waals surface area contributed by atoms with Gasteiger partial charge in [0.2, 0.25) is 11.8 Å². The van der Waals surface area contributed by atoms with E-state index in [0.717, 1.165) is 61.3 Å². The van der Waals surface area contributed by atoms with Gasteiger partial charge in [0, 0.05) is 82.0 Å². The first-order chi connectivity index (χ1) is 41.1. The van der Waals surface area contributed by atoms with Gasteiger partial charge in [-0.3, -0.25) is 9.59 Å². The number of esters is 4. The minimum absolute atomic E-state index is 0.272. The number of ether oxygens (including phenoxy) is 4. The van der Waals surface area contributed by atoms with Gasteiger partial charge in [0.1, 0.15) is 36.5 Å². The van der Waals surface area contributed by atoms with E-state index in [1.165, 1.54) is 54.2 Å². The molecule has 0 saturated carbocycles. The van der Waals surface area contributed by atoms with Gasteiger partial charge in [-0.15, -0.1) is 22.7 Å². The minimum atomic E-state index is -0.711. The summed E-state index contributed by atoms with van der Waals surface area (Å²) in [6, 6.07) is -1.41. The number of thiazole rings is 2. The predicted octanol–water partition coefficient (Wildman–Crippen LogP) is 10.3. The highest BCUT2D eigenvalue weighted by Gasteiger charge is 2.25. The SMILES string of the molecule is C/C=C/C(C)=C/CN(C)C.CC(=O)N[C@@H]1CCCc2csc(n2)C[C@@H](/C=C(C)/C=C/C(C)=C/CN(C)C)OC(=O)/C=C\C=C(/C)C[C@H](C)OC1=O.CC(=O)N[C@@H]1CCCc2csc(n2)C[C@@H](/C=C(\C)Br)OC(=O)/C=C\C=C(/C)C[C@H](C)OC1=O.O=C[O-]. The maximum atomic E-state index is 12.8. The molecular formula is C66H94BrN6O12S2-. The summed E-state index contributed by atoms with van der Waals surface area (Å²) in [5, 5.41) is 19.3. The fourth-order valence-corrected chi connectivity index (χ4v) is 10.3. The van der Waals surface area contributed by atoms with E-state index >= 15 is 0 Å². The van der Waals surface area contributed by atoms with Crippen LogP contribution in [0.4, 0.5) is 0 Å². The van der Waals surface area contributed by atoms with Gasteiger partial charge in [-0.1, -0.05) is 105 Å². The number of hydrogen-bond acceptors (Lipinski definition) is 18. The number of aromatic nitrogens is 2. The summed E-state index contributed by atoms with van der Waals surface area (Å²) in [6.07, 6.45) is 29.9. The molecule has 0 unspecified atom stereocenters. The highest BCUT2D eigenvalue weighted by atomic mass is 79.9. The van der Waals surface area contributed by atoms with Crippen molar-refractivity contribution < 1.29 is 57.6 Å². The number of nitrogens with zero attached hydrogens (tertiary/aromatic N) is 4. The lowest BCUT2D eigenvalue weighted by atomic mass is 10.1. The molecule has 4 bridgehead atoms. The van der Waals surface area contributed by atoms with Crippen molar-refractivity contribution in [3.8, 4) is 0 Å². The Labute approximate surface area is 533 Å². The van der Waals surface area contributed by atoms with Crippen molar-refractivity contribution in [3.05, 3.63) is 150 Å². The van der Waals surface area contributed by atoms with Crippen LogP contribution in [0, 0.1) is 0 Å². The third-order valence-corrected chi connectivity index (χ3v) is 14.3. The van der Waals surface area contributed by atoms with Crippen molar-refractivity contribution in [3.63, 3.8) is 0 Å². The van der Waals surface area contributed by atoms with Crippen LogP contribution in [-0.2, 0) is 78.2 Å². The Bertz CT molecular complexity index is 2810. The second kappa shape index (κ2) is 44.7. The van der Waals surface area contributed by atoms with Gasteiger partial charge >= 0.3 is 23.9 Å². The molecule has 0 aliphatic carbocycles. The number of nitrogens with one attached hydrogen (secondary N) is 2. The quantitative estimate of drug-likeness (QED) is 0.0921. The highest BCUT2D eigenvalue weighted by molar-refractivity contribution is 9.11. The number of halogens is 1. The Balaban J connectivity index is 0.000000732. The van der Waals surface area contributed by atoms with E-state index in [4.69, 9.17) is 33.8 Å². The Morgan fingerprint density at radius 2 is 1.03 bits per heavy atom. The molecule has 6 atom stereocenters. The molecule has 2 aromatic heterocycles. The number of hydrogen-bond donors (Lipinski definition) is 2. The maximum absolute atomic E-state index is 12.8. The van der Waals surface area contributed by atoms with Crippen LogP contribution in [0.1, 0.15) is 136 Å². The molecule has 0 spiro atoms. The summed E-state index contributed by atoms with van der Waals surface area (Å²) in [5.41, 5.74) is 7.15. The number of allylic oxidation sites excluding steroid dienone is 12. The van der Waals surface area contributed by atoms with E-state index in [0.29, 0.717) is 64.2 Å². The van der Waals surface area contributed by atoms with Crippen LogP contribution in [0.2, 0.25) is 0 Å². The van der Waals surface area contributed by atoms with Crippen molar-refractivity contribution in [2.75, 3.05) is 41.3 Å². The van der Waals surface area contributed by atoms with Crippen molar-refractivity contribution >= 4 is 80.8 Å². The Hall–Kier alpha value is -6.65. The van der Waals surface area contributed by atoms with Crippen LogP contribution >= 0.6 is 38.6 Å². The second-order valence-corrected chi connectivity index (χ2v) is 24.9. The average Bonchev–Trinajstić information content (AvgIpc) is 4.34. The van der Waals surface area contributed by atoms with E-state index in [-0.39, 0.29) is 24.0 Å². The van der Waals surface area contributed by atoms with E-state index in [9.17, 15) is 28.8 Å². The molecule has 87 heavy (non-hydrogen) atoms. The molecule has 4 heterocycles. The summed E-state index contributed by atoms with van der Waals surface area (Å²) in [6.45, 7) is 21.7. The molecule has 480 valence electrons. The zero-order valence-electron chi connectivity index (χ0n) is 53.6. The highest BCUT2D eigenvalue weighted by Crippen LogP contribution is 2.21. The monoisotopic (exact) mass is 1310 g/mol. The van der Waals surface area contributed by atoms with Crippen LogP contribution in [0.15, 0.2) is 128 Å². The van der Waals surface area contributed by atoms with E-state index in [1.54, 1.807) is 31.2 Å². The number of carbonyl (C=O) groups is 7. The fraction of sp³-hybridized carbons (Fsp3) is 0.500. The molecule has 2 amide bonds. The minimum Gasteiger partial charge on any atom is -0.554 e. The lowest BCUT2D eigenvalue weighted by Gasteiger charge is -2.20. The van der Waals surface area contributed by atoms with Gasteiger partial charge in [0.25, 0.3) is 0 Å². The van der Waals surface area contributed by atoms with Crippen molar-refractivity contribution in [1.29, 1.82) is 0 Å². The molecule has 18 nitrogen and oxygen atoms in total. The van der Waals surface area contributed by atoms with E-state index < -0.39 is 54.6 Å². The summed E-state index contributed by atoms with van der Waals surface area (Å²) in [5.74, 6) is -2.32. The number of fused-ring (bicyclic) bond motifs is 4. The smallest absolute Gasteiger partial charge is 0.331 e. The summed E-state index contributed by atoms with van der Waals surface area (Å²) >= 11 is 6.44. The number of cyclic esters (lactones) is 4. The molecule has 2 aliphatic heterocycles. The lowest BCUT2D eigenvalue weighted by Crippen LogP contribution is -2.41. The molecule has 0 radical (unpaired) electrons.